The summed E-state index contributed by atoms with van der Waals surface area (Å²) < 4.78 is 10.8. The Hall–Kier alpha value is -3.39. The molecule has 1 fully saturated rings. The number of amides is 2. The van der Waals surface area contributed by atoms with Crippen molar-refractivity contribution in [3.05, 3.63) is 59.7 Å². The molecular formula is C25H28N2O6. The first-order chi connectivity index (χ1) is 15.9. The standard InChI is InChI=1S/C25H28N2O6/c1-15(16-10-11-32-13-16)26-24(30)22(12-23(28)29)27-25(31)33-14-21-19-8-4-2-6-17(19)18-7-3-5-9-20(18)21/h2-9,15-16,21-22H,10-14H2,1H3,(H,26,30)(H,27,31)(H,28,29). The molecule has 0 aromatic heterocycles. The first-order valence-corrected chi connectivity index (χ1v) is 11.2. The van der Waals surface area contributed by atoms with Gasteiger partial charge in [0.25, 0.3) is 0 Å². The minimum atomic E-state index is -1.23. The summed E-state index contributed by atoms with van der Waals surface area (Å²) in [5.74, 6) is -1.71. The normalized spacial score (nSPS) is 18.6. The number of carbonyl (C=O) groups excluding carboxylic acids is 2. The van der Waals surface area contributed by atoms with Crippen molar-refractivity contribution in [2.75, 3.05) is 19.8 Å². The molecule has 3 unspecified atom stereocenters. The zero-order valence-corrected chi connectivity index (χ0v) is 18.5. The smallest absolute Gasteiger partial charge is 0.407 e. The van der Waals surface area contributed by atoms with Gasteiger partial charge in [-0.1, -0.05) is 48.5 Å². The number of aliphatic carboxylic acids is 1. The van der Waals surface area contributed by atoms with Gasteiger partial charge in [-0.05, 0) is 35.6 Å². The first kappa shape index (κ1) is 22.8. The molecule has 2 aromatic rings. The molecule has 174 valence electrons. The number of hydrogen-bond donors (Lipinski definition) is 3. The molecule has 1 heterocycles. The second-order valence-corrected chi connectivity index (χ2v) is 8.54. The fraction of sp³-hybridized carbons (Fsp3) is 0.400. The predicted molar refractivity (Wildman–Crippen MR) is 121 cm³/mol. The molecule has 0 spiro atoms. The van der Waals surface area contributed by atoms with Crippen molar-refractivity contribution in [3.8, 4) is 11.1 Å². The van der Waals surface area contributed by atoms with Crippen LogP contribution in [0.1, 0.15) is 36.8 Å². The Morgan fingerprint density at radius 3 is 2.27 bits per heavy atom. The summed E-state index contributed by atoms with van der Waals surface area (Å²) in [4.78, 5) is 36.5. The highest BCUT2D eigenvalue weighted by atomic mass is 16.5. The highest BCUT2D eigenvalue weighted by Gasteiger charge is 2.31. The molecule has 0 radical (unpaired) electrons. The van der Waals surface area contributed by atoms with Gasteiger partial charge in [0.2, 0.25) is 5.91 Å². The molecule has 0 bridgehead atoms. The third-order valence-electron chi connectivity index (χ3n) is 6.37. The minimum absolute atomic E-state index is 0.0804. The average Bonchev–Trinajstić information content (AvgIpc) is 3.44. The molecule has 1 saturated heterocycles. The van der Waals surface area contributed by atoms with E-state index in [9.17, 15) is 19.5 Å². The quantitative estimate of drug-likeness (QED) is 0.568. The zero-order chi connectivity index (χ0) is 23.4. The predicted octanol–water partition coefficient (Wildman–Crippen LogP) is 2.91. The largest absolute Gasteiger partial charge is 0.481 e. The van der Waals surface area contributed by atoms with E-state index < -0.39 is 30.4 Å². The number of ether oxygens (including phenoxy) is 2. The summed E-state index contributed by atoms with van der Waals surface area (Å²) >= 11 is 0. The molecule has 2 aliphatic rings. The van der Waals surface area contributed by atoms with Crippen LogP contribution in [0.4, 0.5) is 4.79 Å². The molecule has 1 aliphatic carbocycles. The summed E-state index contributed by atoms with van der Waals surface area (Å²) in [7, 11) is 0. The molecule has 8 nitrogen and oxygen atoms in total. The van der Waals surface area contributed by atoms with Gasteiger partial charge in [0.1, 0.15) is 12.6 Å². The maximum Gasteiger partial charge on any atom is 0.407 e. The topological polar surface area (TPSA) is 114 Å². The number of alkyl carbamates (subject to hydrolysis) is 1. The van der Waals surface area contributed by atoms with Crippen molar-refractivity contribution in [2.45, 2.75) is 37.8 Å². The van der Waals surface area contributed by atoms with Crippen LogP contribution in [0.3, 0.4) is 0 Å². The summed E-state index contributed by atoms with van der Waals surface area (Å²) in [5.41, 5.74) is 4.35. The molecule has 2 amide bonds. The van der Waals surface area contributed by atoms with E-state index >= 15 is 0 Å². The number of fused-ring (bicyclic) bond motifs is 3. The van der Waals surface area contributed by atoms with Gasteiger partial charge in [-0.15, -0.1) is 0 Å². The van der Waals surface area contributed by atoms with E-state index in [1.807, 2.05) is 55.5 Å². The van der Waals surface area contributed by atoms with Crippen LogP contribution in [-0.2, 0) is 19.1 Å². The van der Waals surface area contributed by atoms with Crippen molar-refractivity contribution in [1.29, 1.82) is 0 Å². The summed E-state index contributed by atoms with van der Waals surface area (Å²) in [5, 5.41) is 14.5. The lowest BCUT2D eigenvalue weighted by Crippen LogP contribution is -2.51. The lowest BCUT2D eigenvalue weighted by Gasteiger charge is -2.23. The van der Waals surface area contributed by atoms with E-state index in [1.54, 1.807) is 0 Å². The Kier molecular flexibility index (Phi) is 6.93. The number of carbonyl (C=O) groups is 3. The van der Waals surface area contributed by atoms with Gasteiger partial charge in [-0.2, -0.15) is 0 Å². The van der Waals surface area contributed by atoms with E-state index in [4.69, 9.17) is 9.47 Å². The Balaban J connectivity index is 1.39. The van der Waals surface area contributed by atoms with Gasteiger partial charge >= 0.3 is 12.1 Å². The fourth-order valence-corrected chi connectivity index (χ4v) is 4.56. The third-order valence-corrected chi connectivity index (χ3v) is 6.37. The Labute approximate surface area is 192 Å². The molecule has 3 atom stereocenters. The van der Waals surface area contributed by atoms with E-state index in [1.165, 1.54) is 0 Å². The number of benzene rings is 2. The Morgan fingerprint density at radius 2 is 1.70 bits per heavy atom. The van der Waals surface area contributed by atoms with Crippen LogP contribution in [-0.4, -0.2) is 55.0 Å². The average molecular weight is 453 g/mol. The van der Waals surface area contributed by atoms with Crippen LogP contribution < -0.4 is 10.6 Å². The minimum Gasteiger partial charge on any atom is -0.481 e. The van der Waals surface area contributed by atoms with Crippen molar-refractivity contribution in [3.63, 3.8) is 0 Å². The van der Waals surface area contributed by atoms with Crippen LogP contribution in [0.15, 0.2) is 48.5 Å². The van der Waals surface area contributed by atoms with Crippen LogP contribution in [0.25, 0.3) is 11.1 Å². The van der Waals surface area contributed by atoms with Crippen molar-refractivity contribution < 1.29 is 29.0 Å². The maximum absolute atomic E-state index is 12.7. The molecular weight excluding hydrogens is 424 g/mol. The first-order valence-electron chi connectivity index (χ1n) is 11.2. The van der Waals surface area contributed by atoms with Crippen LogP contribution in [0, 0.1) is 5.92 Å². The van der Waals surface area contributed by atoms with E-state index in [0.717, 1.165) is 28.7 Å². The zero-order valence-electron chi connectivity index (χ0n) is 18.5. The Bertz CT molecular complexity index is 988. The third kappa shape index (κ3) is 5.17. The second kappa shape index (κ2) is 10.0. The fourth-order valence-electron chi connectivity index (χ4n) is 4.56. The lowest BCUT2D eigenvalue weighted by molar-refractivity contribution is -0.140. The van der Waals surface area contributed by atoms with E-state index in [-0.39, 0.29) is 24.5 Å². The van der Waals surface area contributed by atoms with Crippen molar-refractivity contribution >= 4 is 18.0 Å². The van der Waals surface area contributed by atoms with Gasteiger partial charge in [0.15, 0.2) is 0 Å². The van der Waals surface area contributed by atoms with Gasteiger partial charge in [0.05, 0.1) is 13.0 Å². The van der Waals surface area contributed by atoms with Crippen molar-refractivity contribution in [2.24, 2.45) is 5.92 Å². The molecule has 33 heavy (non-hydrogen) atoms. The summed E-state index contributed by atoms with van der Waals surface area (Å²) in [6, 6.07) is 14.5. The number of nitrogens with one attached hydrogen (secondary N) is 2. The molecule has 1 aliphatic heterocycles. The highest BCUT2D eigenvalue weighted by Crippen LogP contribution is 2.44. The van der Waals surface area contributed by atoms with Gasteiger partial charge < -0.3 is 25.2 Å². The SMILES string of the molecule is CC(NC(=O)C(CC(=O)O)NC(=O)OCC1c2ccccc2-c2ccccc21)C1CCOC1. The summed E-state index contributed by atoms with van der Waals surface area (Å²) in [6.07, 6.45) is -0.537. The number of carboxylic acid groups (broad SMARTS) is 1. The van der Waals surface area contributed by atoms with E-state index in [0.29, 0.717) is 13.2 Å². The highest BCUT2D eigenvalue weighted by molar-refractivity contribution is 5.89. The van der Waals surface area contributed by atoms with Gasteiger partial charge in [-0.3, -0.25) is 9.59 Å². The molecule has 3 N–H and O–H groups in total. The van der Waals surface area contributed by atoms with Crippen LogP contribution >= 0.6 is 0 Å². The molecule has 2 aromatic carbocycles. The van der Waals surface area contributed by atoms with Crippen LogP contribution in [0.2, 0.25) is 0 Å². The Morgan fingerprint density at radius 1 is 1.06 bits per heavy atom. The maximum atomic E-state index is 12.7. The number of rotatable bonds is 8. The molecule has 8 heteroatoms. The van der Waals surface area contributed by atoms with Crippen LogP contribution in [0.5, 0.6) is 0 Å². The number of hydrogen-bond acceptors (Lipinski definition) is 5. The number of carboxylic acids is 1. The van der Waals surface area contributed by atoms with Gasteiger partial charge in [0, 0.05) is 24.5 Å². The van der Waals surface area contributed by atoms with Gasteiger partial charge in [-0.25, -0.2) is 4.79 Å². The van der Waals surface area contributed by atoms with Crippen molar-refractivity contribution in [1.82, 2.24) is 10.6 Å². The summed E-state index contributed by atoms with van der Waals surface area (Å²) in [6.45, 7) is 3.12. The van der Waals surface area contributed by atoms with E-state index in [2.05, 4.69) is 10.6 Å². The molecule has 4 rings (SSSR count). The molecule has 0 saturated carbocycles. The second-order valence-electron chi connectivity index (χ2n) is 8.54. The lowest BCUT2D eigenvalue weighted by atomic mass is 9.98. The monoisotopic (exact) mass is 452 g/mol.